The number of aromatic nitrogens is 1. The van der Waals surface area contributed by atoms with Crippen molar-refractivity contribution in [2.45, 2.75) is 19.3 Å². The van der Waals surface area contributed by atoms with Crippen LogP contribution in [0, 0.1) is 6.92 Å². The molecular formula is C14H20N4. The molecule has 0 amide bonds. The van der Waals surface area contributed by atoms with Gasteiger partial charge in [-0.2, -0.15) is 0 Å². The molecule has 1 unspecified atom stereocenters. The maximum absolute atomic E-state index is 5.64. The Morgan fingerprint density at radius 1 is 1.28 bits per heavy atom. The maximum atomic E-state index is 5.64. The molecule has 2 rings (SSSR count). The fourth-order valence-electron chi connectivity index (χ4n) is 2.24. The molecule has 1 aromatic heterocycles. The van der Waals surface area contributed by atoms with Crippen molar-refractivity contribution in [3.05, 3.63) is 41.6 Å². The highest BCUT2D eigenvalue weighted by molar-refractivity contribution is 5.81. The van der Waals surface area contributed by atoms with Crippen molar-refractivity contribution in [1.29, 1.82) is 0 Å². The van der Waals surface area contributed by atoms with Gasteiger partial charge in [0.2, 0.25) is 0 Å². The monoisotopic (exact) mass is 244 g/mol. The number of benzene rings is 1. The zero-order valence-electron chi connectivity index (χ0n) is 10.7. The smallest absolute Gasteiger partial charge is 0.0734 e. The molecule has 18 heavy (non-hydrogen) atoms. The minimum Gasteiger partial charge on any atom is -0.330 e. The Hall–Kier alpha value is -1.49. The minimum atomic E-state index is 0.268. The summed E-state index contributed by atoms with van der Waals surface area (Å²) in [6.07, 6.45) is 0.884. The van der Waals surface area contributed by atoms with Gasteiger partial charge < -0.3 is 5.73 Å². The molecule has 0 fully saturated rings. The van der Waals surface area contributed by atoms with Crippen molar-refractivity contribution in [2.24, 2.45) is 11.6 Å². The van der Waals surface area contributed by atoms with E-state index in [0.29, 0.717) is 13.1 Å². The van der Waals surface area contributed by atoms with Gasteiger partial charge in [0.25, 0.3) is 0 Å². The highest BCUT2D eigenvalue weighted by Crippen LogP contribution is 2.22. The summed E-state index contributed by atoms with van der Waals surface area (Å²) in [6.45, 7) is 3.42. The van der Waals surface area contributed by atoms with Gasteiger partial charge in [-0.05, 0) is 31.5 Å². The van der Waals surface area contributed by atoms with Crippen LogP contribution >= 0.6 is 0 Å². The fraction of sp³-hybridized carbons (Fsp3) is 0.357. The van der Waals surface area contributed by atoms with Gasteiger partial charge >= 0.3 is 0 Å². The Morgan fingerprint density at radius 3 is 2.83 bits per heavy atom. The predicted molar refractivity (Wildman–Crippen MR) is 75.1 cm³/mol. The van der Waals surface area contributed by atoms with Gasteiger partial charge in [-0.15, -0.1) is 0 Å². The summed E-state index contributed by atoms with van der Waals surface area (Å²) in [7, 11) is 0. The van der Waals surface area contributed by atoms with Crippen molar-refractivity contribution < 1.29 is 0 Å². The molecule has 0 saturated heterocycles. The van der Waals surface area contributed by atoms with Crippen molar-refractivity contribution in [2.75, 3.05) is 13.1 Å². The number of nitrogens with two attached hydrogens (primary N) is 2. The van der Waals surface area contributed by atoms with Crippen molar-refractivity contribution >= 4 is 10.9 Å². The lowest BCUT2D eigenvalue weighted by Gasteiger charge is -2.15. The summed E-state index contributed by atoms with van der Waals surface area (Å²) in [5, 5.41) is 1.17. The van der Waals surface area contributed by atoms with Crippen LogP contribution in [0.2, 0.25) is 0 Å². The zero-order chi connectivity index (χ0) is 13.0. The summed E-state index contributed by atoms with van der Waals surface area (Å²) in [4.78, 5) is 4.76. The lowest BCUT2D eigenvalue weighted by Crippen LogP contribution is -2.29. The highest BCUT2D eigenvalue weighted by atomic mass is 15.2. The number of rotatable bonds is 5. The third-order valence-corrected chi connectivity index (χ3v) is 3.24. The second kappa shape index (κ2) is 5.91. The molecule has 0 aliphatic heterocycles. The number of hydrazine groups is 1. The van der Waals surface area contributed by atoms with Crippen LogP contribution in [-0.2, 0) is 0 Å². The van der Waals surface area contributed by atoms with Crippen LogP contribution < -0.4 is 17.0 Å². The van der Waals surface area contributed by atoms with E-state index in [1.54, 1.807) is 0 Å². The molecule has 0 saturated carbocycles. The third-order valence-electron chi connectivity index (χ3n) is 3.24. The van der Waals surface area contributed by atoms with E-state index < -0.39 is 0 Å². The van der Waals surface area contributed by atoms with Crippen LogP contribution in [-0.4, -0.2) is 18.1 Å². The number of nitrogens with one attached hydrogen (secondary N) is 1. The lowest BCUT2D eigenvalue weighted by molar-refractivity contribution is 0.559. The van der Waals surface area contributed by atoms with Gasteiger partial charge in [-0.1, -0.05) is 24.3 Å². The molecule has 0 aliphatic rings. The van der Waals surface area contributed by atoms with E-state index in [1.807, 2.05) is 0 Å². The summed E-state index contributed by atoms with van der Waals surface area (Å²) in [5.41, 5.74) is 11.7. The topological polar surface area (TPSA) is 77.0 Å². The SMILES string of the molecule is Cc1cccc2ccc(C(CCN)CNN)nc12. The molecule has 0 aliphatic carbocycles. The first kappa shape index (κ1) is 13.0. The highest BCUT2D eigenvalue weighted by Gasteiger charge is 2.12. The second-order valence-corrected chi connectivity index (χ2v) is 4.57. The van der Waals surface area contributed by atoms with Gasteiger partial charge in [0.15, 0.2) is 0 Å². The largest absolute Gasteiger partial charge is 0.330 e. The summed E-state index contributed by atoms with van der Waals surface area (Å²) in [6, 6.07) is 10.4. The number of para-hydroxylation sites is 1. The van der Waals surface area contributed by atoms with Gasteiger partial charge in [0, 0.05) is 23.5 Å². The van der Waals surface area contributed by atoms with E-state index in [2.05, 4.69) is 42.7 Å². The molecule has 1 atom stereocenters. The zero-order valence-corrected chi connectivity index (χ0v) is 10.7. The quantitative estimate of drug-likeness (QED) is 0.549. The molecule has 0 radical (unpaired) electrons. The Kier molecular flexibility index (Phi) is 4.25. The first-order valence-corrected chi connectivity index (χ1v) is 6.26. The third kappa shape index (κ3) is 2.67. The number of hydrogen-bond donors (Lipinski definition) is 3. The predicted octanol–water partition coefficient (Wildman–Crippen LogP) is 1.44. The first-order valence-electron chi connectivity index (χ1n) is 6.26. The fourth-order valence-corrected chi connectivity index (χ4v) is 2.24. The molecule has 2 aromatic rings. The van der Waals surface area contributed by atoms with Gasteiger partial charge in [-0.3, -0.25) is 16.3 Å². The molecule has 0 spiro atoms. The molecule has 4 heteroatoms. The average Bonchev–Trinajstić information content (AvgIpc) is 2.39. The standard InChI is InChI=1S/C14H20N4/c1-10-3-2-4-11-5-6-13(18-14(10)11)12(7-8-15)9-17-16/h2-6,12,17H,7-9,15-16H2,1H3. The van der Waals surface area contributed by atoms with Crippen LogP contribution in [0.4, 0.5) is 0 Å². The van der Waals surface area contributed by atoms with E-state index in [9.17, 15) is 0 Å². The van der Waals surface area contributed by atoms with Crippen LogP contribution in [0.3, 0.4) is 0 Å². The summed E-state index contributed by atoms with van der Waals surface area (Å²) < 4.78 is 0. The molecule has 0 bridgehead atoms. The second-order valence-electron chi connectivity index (χ2n) is 4.57. The van der Waals surface area contributed by atoms with Gasteiger partial charge in [0.1, 0.15) is 0 Å². The Balaban J connectivity index is 2.41. The normalized spacial score (nSPS) is 12.8. The van der Waals surface area contributed by atoms with Crippen LogP contribution in [0.1, 0.15) is 23.6 Å². The van der Waals surface area contributed by atoms with Gasteiger partial charge in [0.05, 0.1) is 5.52 Å². The Labute approximate surface area is 107 Å². The Bertz CT molecular complexity index is 518. The minimum absolute atomic E-state index is 0.268. The van der Waals surface area contributed by atoms with E-state index in [0.717, 1.165) is 17.6 Å². The molecular weight excluding hydrogens is 224 g/mol. The van der Waals surface area contributed by atoms with E-state index >= 15 is 0 Å². The number of aryl methyl sites for hydroxylation is 1. The Morgan fingerprint density at radius 2 is 2.11 bits per heavy atom. The molecule has 96 valence electrons. The van der Waals surface area contributed by atoms with Crippen LogP contribution in [0.5, 0.6) is 0 Å². The summed E-state index contributed by atoms with van der Waals surface area (Å²) in [5.74, 6) is 5.69. The average molecular weight is 244 g/mol. The van der Waals surface area contributed by atoms with Crippen molar-refractivity contribution in [3.63, 3.8) is 0 Å². The molecule has 4 nitrogen and oxygen atoms in total. The maximum Gasteiger partial charge on any atom is 0.0734 e. The lowest BCUT2D eigenvalue weighted by atomic mass is 9.99. The molecule has 1 aromatic carbocycles. The van der Waals surface area contributed by atoms with E-state index in [4.69, 9.17) is 16.6 Å². The van der Waals surface area contributed by atoms with Crippen LogP contribution in [0.15, 0.2) is 30.3 Å². The van der Waals surface area contributed by atoms with Crippen molar-refractivity contribution in [1.82, 2.24) is 10.4 Å². The summed E-state index contributed by atoms with van der Waals surface area (Å²) >= 11 is 0. The van der Waals surface area contributed by atoms with E-state index in [1.165, 1.54) is 10.9 Å². The number of nitrogens with zero attached hydrogens (tertiary/aromatic N) is 1. The number of fused-ring (bicyclic) bond motifs is 1. The van der Waals surface area contributed by atoms with E-state index in [-0.39, 0.29) is 5.92 Å². The van der Waals surface area contributed by atoms with Gasteiger partial charge in [-0.25, -0.2) is 0 Å². The first-order chi connectivity index (χ1) is 8.76. The molecule has 1 heterocycles. The number of pyridine rings is 1. The van der Waals surface area contributed by atoms with Crippen molar-refractivity contribution in [3.8, 4) is 0 Å². The number of hydrogen-bond acceptors (Lipinski definition) is 4. The molecule has 5 N–H and O–H groups in total. The van der Waals surface area contributed by atoms with Crippen LogP contribution in [0.25, 0.3) is 10.9 Å².